The summed E-state index contributed by atoms with van der Waals surface area (Å²) in [7, 11) is 0. The molecular formula is C15H22FN. The van der Waals surface area contributed by atoms with Crippen LogP contribution in [0.4, 0.5) is 10.1 Å². The van der Waals surface area contributed by atoms with Crippen LogP contribution in [-0.2, 0) is 0 Å². The molecule has 2 rings (SSSR count). The van der Waals surface area contributed by atoms with Crippen molar-refractivity contribution in [3.63, 3.8) is 0 Å². The zero-order chi connectivity index (χ0) is 12.4. The molecule has 1 saturated carbocycles. The predicted molar refractivity (Wildman–Crippen MR) is 70.7 cm³/mol. The summed E-state index contributed by atoms with van der Waals surface area (Å²) in [6, 6.07) is 5.47. The third-order valence-corrected chi connectivity index (χ3v) is 4.16. The molecule has 0 radical (unpaired) electrons. The Kier molecular flexibility index (Phi) is 3.70. The Labute approximate surface area is 103 Å². The SMILES string of the molecule is Cc1ccc(F)cc1NC1CCC(C)C(C)C1. The molecule has 0 spiro atoms. The molecule has 1 N–H and O–H groups in total. The summed E-state index contributed by atoms with van der Waals surface area (Å²) in [6.07, 6.45) is 3.66. The van der Waals surface area contributed by atoms with E-state index in [0.717, 1.165) is 23.1 Å². The summed E-state index contributed by atoms with van der Waals surface area (Å²) in [6.45, 7) is 6.67. The summed E-state index contributed by atoms with van der Waals surface area (Å²) in [5.74, 6) is 1.42. The van der Waals surface area contributed by atoms with Crippen LogP contribution in [-0.4, -0.2) is 6.04 Å². The van der Waals surface area contributed by atoms with Gasteiger partial charge in [0.2, 0.25) is 0 Å². The molecule has 1 aromatic carbocycles. The first kappa shape index (κ1) is 12.4. The summed E-state index contributed by atoms with van der Waals surface area (Å²) in [5.41, 5.74) is 2.08. The van der Waals surface area contributed by atoms with Crippen molar-refractivity contribution >= 4 is 5.69 Å². The van der Waals surface area contributed by atoms with Crippen molar-refractivity contribution in [2.45, 2.75) is 46.1 Å². The number of anilines is 1. The van der Waals surface area contributed by atoms with Gasteiger partial charge in [-0.3, -0.25) is 0 Å². The molecule has 0 amide bonds. The Morgan fingerprint density at radius 3 is 2.65 bits per heavy atom. The third-order valence-electron chi connectivity index (χ3n) is 4.16. The van der Waals surface area contributed by atoms with Gasteiger partial charge in [0.25, 0.3) is 0 Å². The molecule has 0 bridgehead atoms. The maximum atomic E-state index is 13.2. The van der Waals surface area contributed by atoms with Crippen LogP contribution >= 0.6 is 0 Å². The van der Waals surface area contributed by atoms with Crippen LogP contribution in [0.1, 0.15) is 38.7 Å². The van der Waals surface area contributed by atoms with Gasteiger partial charge in [0.05, 0.1) is 0 Å². The number of benzene rings is 1. The first-order valence-electron chi connectivity index (χ1n) is 6.59. The van der Waals surface area contributed by atoms with Gasteiger partial charge < -0.3 is 5.32 Å². The van der Waals surface area contributed by atoms with Crippen LogP contribution in [0.25, 0.3) is 0 Å². The second-order valence-corrected chi connectivity index (χ2v) is 5.57. The topological polar surface area (TPSA) is 12.0 Å². The second kappa shape index (κ2) is 5.07. The van der Waals surface area contributed by atoms with E-state index in [1.165, 1.54) is 25.3 Å². The first-order valence-corrected chi connectivity index (χ1v) is 6.59. The lowest BCUT2D eigenvalue weighted by atomic mass is 9.79. The molecular weight excluding hydrogens is 213 g/mol. The van der Waals surface area contributed by atoms with Crippen LogP contribution in [0.3, 0.4) is 0 Å². The second-order valence-electron chi connectivity index (χ2n) is 5.57. The molecule has 0 saturated heterocycles. The highest BCUT2D eigenvalue weighted by molar-refractivity contribution is 5.51. The highest BCUT2D eigenvalue weighted by Crippen LogP contribution is 2.31. The Morgan fingerprint density at radius 1 is 1.18 bits per heavy atom. The van der Waals surface area contributed by atoms with Gasteiger partial charge in [0.15, 0.2) is 0 Å². The summed E-state index contributed by atoms with van der Waals surface area (Å²) in [4.78, 5) is 0. The number of hydrogen-bond donors (Lipinski definition) is 1. The molecule has 3 unspecified atom stereocenters. The van der Waals surface area contributed by atoms with E-state index >= 15 is 0 Å². The number of hydrogen-bond acceptors (Lipinski definition) is 1. The van der Waals surface area contributed by atoms with E-state index in [0.29, 0.717) is 6.04 Å². The summed E-state index contributed by atoms with van der Waals surface area (Å²) in [5, 5.41) is 3.50. The normalized spacial score (nSPS) is 29.1. The first-order chi connectivity index (χ1) is 8.06. The van der Waals surface area contributed by atoms with Crippen molar-refractivity contribution in [1.29, 1.82) is 0 Å². The number of nitrogens with one attached hydrogen (secondary N) is 1. The van der Waals surface area contributed by atoms with E-state index in [1.54, 1.807) is 6.07 Å². The lowest BCUT2D eigenvalue weighted by Crippen LogP contribution is -2.30. The van der Waals surface area contributed by atoms with Crippen molar-refractivity contribution in [3.05, 3.63) is 29.6 Å². The van der Waals surface area contributed by atoms with Crippen molar-refractivity contribution in [2.75, 3.05) is 5.32 Å². The van der Waals surface area contributed by atoms with E-state index in [9.17, 15) is 4.39 Å². The minimum Gasteiger partial charge on any atom is -0.382 e. The highest BCUT2D eigenvalue weighted by Gasteiger charge is 2.24. The smallest absolute Gasteiger partial charge is 0.125 e. The largest absolute Gasteiger partial charge is 0.382 e. The van der Waals surface area contributed by atoms with Crippen molar-refractivity contribution in [1.82, 2.24) is 0 Å². The maximum absolute atomic E-state index is 13.2. The maximum Gasteiger partial charge on any atom is 0.125 e. The molecule has 0 aliphatic heterocycles. The predicted octanol–water partition coefficient (Wildman–Crippen LogP) is 4.37. The van der Waals surface area contributed by atoms with Crippen LogP contribution in [0.2, 0.25) is 0 Å². The fourth-order valence-corrected chi connectivity index (χ4v) is 2.65. The zero-order valence-corrected chi connectivity index (χ0v) is 11.0. The van der Waals surface area contributed by atoms with Crippen molar-refractivity contribution < 1.29 is 4.39 Å². The average molecular weight is 235 g/mol. The van der Waals surface area contributed by atoms with Crippen LogP contribution in [0, 0.1) is 24.6 Å². The van der Waals surface area contributed by atoms with Gasteiger partial charge >= 0.3 is 0 Å². The zero-order valence-electron chi connectivity index (χ0n) is 11.0. The highest BCUT2D eigenvalue weighted by atomic mass is 19.1. The van der Waals surface area contributed by atoms with E-state index in [1.807, 2.05) is 13.0 Å². The van der Waals surface area contributed by atoms with Crippen molar-refractivity contribution in [3.8, 4) is 0 Å². The molecule has 17 heavy (non-hydrogen) atoms. The van der Waals surface area contributed by atoms with Crippen LogP contribution < -0.4 is 5.32 Å². The summed E-state index contributed by atoms with van der Waals surface area (Å²) < 4.78 is 13.2. The molecule has 2 heteroatoms. The number of aryl methyl sites for hydroxylation is 1. The fraction of sp³-hybridized carbons (Fsp3) is 0.600. The monoisotopic (exact) mass is 235 g/mol. The number of halogens is 1. The average Bonchev–Trinajstić information content (AvgIpc) is 2.29. The van der Waals surface area contributed by atoms with Gasteiger partial charge in [-0.15, -0.1) is 0 Å². The molecule has 1 aliphatic carbocycles. The molecule has 0 aromatic heterocycles. The van der Waals surface area contributed by atoms with E-state index in [2.05, 4.69) is 19.2 Å². The summed E-state index contributed by atoms with van der Waals surface area (Å²) >= 11 is 0. The lowest BCUT2D eigenvalue weighted by molar-refractivity contribution is 0.261. The van der Waals surface area contributed by atoms with Gasteiger partial charge in [-0.1, -0.05) is 19.9 Å². The molecule has 1 aromatic rings. The van der Waals surface area contributed by atoms with Gasteiger partial charge in [-0.2, -0.15) is 0 Å². The third kappa shape index (κ3) is 2.99. The standard InChI is InChI=1S/C15H22FN/c1-10-5-7-14(8-12(10)3)17-15-9-13(16)6-4-11(15)2/h4,6,9-10,12,14,17H,5,7-8H2,1-3H3. The molecule has 94 valence electrons. The van der Waals surface area contributed by atoms with Gasteiger partial charge in [0, 0.05) is 11.7 Å². The molecule has 1 nitrogen and oxygen atoms in total. The minimum absolute atomic E-state index is 0.157. The van der Waals surface area contributed by atoms with Crippen molar-refractivity contribution in [2.24, 2.45) is 11.8 Å². The van der Waals surface area contributed by atoms with Crippen LogP contribution in [0.5, 0.6) is 0 Å². The minimum atomic E-state index is -0.157. The Hall–Kier alpha value is -1.05. The molecule has 0 heterocycles. The van der Waals surface area contributed by atoms with Gasteiger partial charge in [0.1, 0.15) is 5.82 Å². The molecule has 1 fully saturated rings. The molecule has 3 atom stereocenters. The fourth-order valence-electron chi connectivity index (χ4n) is 2.65. The van der Waals surface area contributed by atoms with E-state index < -0.39 is 0 Å². The molecule has 1 aliphatic rings. The number of rotatable bonds is 2. The Morgan fingerprint density at radius 2 is 1.94 bits per heavy atom. The lowest BCUT2D eigenvalue weighted by Gasteiger charge is -2.33. The van der Waals surface area contributed by atoms with Gasteiger partial charge in [-0.25, -0.2) is 4.39 Å². The Balaban J connectivity index is 2.03. The quantitative estimate of drug-likeness (QED) is 0.802. The van der Waals surface area contributed by atoms with Crippen LogP contribution in [0.15, 0.2) is 18.2 Å². The van der Waals surface area contributed by atoms with Gasteiger partial charge in [-0.05, 0) is 55.7 Å². The van der Waals surface area contributed by atoms with E-state index in [4.69, 9.17) is 0 Å². The van der Waals surface area contributed by atoms with E-state index in [-0.39, 0.29) is 5.82 Å². The Bertz CT molecular complexity index is 389.